The Morgan fingerprint density at radius 2 is 1.97 bits per heavy atom. The van der Waals surface area contributed by atoms with Crippen LogP contribution in [0.5, 0.6) is 11.5 Å². The lowest BCUT2D eigenvalue weighted by Gasteiger charge is -2.12. The summed E-state index contributed by atoms with van der Waals surface area (Å²) in [6.45, 7) is 2.33. The van der Waals surface area contributed by atoms with Crippen molar-refractivity contribution in [3.63, 3.8) is 0 Å². The van der Waals surface area contributed by atoms with Gasteiger partial charge in [-0.1, -0.05) is 30.3 Å². The molecular weight excluding hydrogens is 388 g/mol. The molecule has 5 nitrogen and oxygen atoms in total. The van der Waals surface area contributed by atoms with Crippen LogP contribution in [0.15, 0.2) is 66.7 Å². The number of anilines is 1. The first-order valence-electron chi connectivity index (χ1n) is 10.3. The maximum Gasteiger partial charge on any atom is 0.228 e. The second kappa shape index (κ2) is 8.93. The molecule has 0 aliphatic heterocycles. The number of carbonyl (C=O) groups is 1. The lowest BCUT2D eigenvalue weighted by molar-refractivity contribution is -0.117. The highest BCUT2D eigenvalue weighted by Crippen LogP contribution is 2.50. The van der Waals surface area contributed by atoms with Gasteiger partial charge in [-0.25, -0.2) is 0 Å². The Morgan fingerprint density at radius 3 is 2.74 bits per heavy atom. The van der Waals surface area contributed by atoms with E-state index in [4.69, 9.17) is 14.7 Å². The van der Waals surface area contributed by atoms with E-state index in [1.807, 2.05) is 67.6 Å². The fourth-order valence-corrected chi connectivity index (χ4v) is 3.79. The molecule has 1 aliphatic carbocycles. The molecule has 0 aromatic heterocycles. The van der Waals surface area contributed by atoms with Crippen LogP contribution >= 0.6 is 0 Å². The van der Waals surface area contributed by atoms with Crippen LogP contribution in [-0.2, 0) is 11.4 Å². The van der Waals surface area contributed by atoms with Crippen molar-refractivity contribution >= 4 is 11.6 Å². The molecule has 1 saturated carbocycles. The standard InChI is InChI=1S/C26H24N2O3/c1-17-12-20(31-16-19-7-5-6-18(13-19)15-27)10-11-24(17)28-26(29)23-14-22(23)21-8-3-4-9-25(21)30-2/h3-13,22-23H,14,16H2,1-2H3,(H,28,29). The van der Waals surface area contributed by atoms with Crippen molar-refractivity contribution in [2.75, 3.05) is 12.4 Å². The molecule has 4 rings (SSSR count). The van der Waals surface area contributed by atoms with Gasteiger partial charge in [0.05, 0.1) is 18.7 Å². The van der Waals surface area contributed by atoms with E-state index < -0.39 is 0 Å². The zero-order valence-corrected chi connectivity index (χ0v) is 17.6. The zero-order valence-electron chi connectivity index (χ0n) is 17.6. The van der Waals surface area contributed by atoms with Gasteiger partial charge in [-0.05, 0) is 72.4 Å². The van der Waals surface area contributed by atoms with Crippen molar-refractivity contribution in [1.82, 2.24) is 0 Å². The summed E-state index contributed by atoms with van der Waals surface area (Å²) < 4.78 is 11.3. The number of nitrogens with one attached hydrogen (secondary N) is 1. The van der Waals surface area contributed by atoms with E-state index in [0.717, 1.165) is 40.3 Å². The molecule has 1 N–H and O–H groups in total. The van der Waals surface area contributed by atoms with Gasteiger partial charge in [-0.15, -0.1) is 0 Å². The van der Waals surface area contributed by atoms with Crippen LogP contribution in [0, 0.1) is 24.2 Å². The summed E-state index contributed by atoms with van der Waals surface area (Å²) >= 11 is 0. The summed E-state index contributed by atoms with van der Waals surface area (Å²) in [5, 5.41) is 12.1. The number of carbonyl (C=O) groups excluding carboxylic acids is 1. The summed E-state index contributed by atoms with van der Waals surface area (Å²) in [5.41, 5.74) is 4.36. The third-order valence-corrected chi connectivity index (χ3v) is 5.58. The molecular formula is C26H24N2O3. The Morgan fingerprint density at radius 1 is 1.13 bits per heavy atom. The SMILES string of the molecule is COc1ccccc1C1CC1C(=O)Nc1ccc(OCc2cccc(C#N)c2)cc1C. The van der Waals surface area contributed by atoms with Crippen LogP contribution in [0.4, 0.5) is 5.69 Å². The minimum Gasteiger partial charge on any atom is -0.496 e. The molecule has 0 spiro atoms. The van der Waals surface area contributed by atoms with Gasteiger partial charge in [-0.2, -0.15) is 5.26 Å². The van der Waals surface area contributed by atoms with Crippen molar-refractivity contribution in [2.45, 2.75) is 25.9 Å². The van der Waals surface area contributed by atoms with Crippen LogP contribution < -0.4 is 14.8 Å². The van der Waals surface area contributed by atoms with Crippen molar-refractivity contribution in [3.05, 3.63) is 89.0 Å². The Hall–Kier alpha value is -3.78. The molecule has 0 bridgehead atoms. The number of rotatable bonds is 7. The molecule has 0 radical (unpaired) electrons. The van der Waals surface area contributed by atoms with E-state index in [9.17, 15) is 4.79 Å². The van der Waals surface area contributed by atoms with Crippen molar-refractivity contribution < 1.29 is 14.3 Å². The number of methoxy groups -OCH3 is 1. The Bertz CT molecular complexity index is 1150. The normalized spacial score (nSPS) is 16.8. The first-order chi connectivity index (χ1) is 15.1. The molecule has 1 fully saturated rings. The van der Waals surface area contributed by atoms with Crippen LogP contribution in [0.1, 0.15) is 34.6 Å². The molecule has 156 valence electrons. The van der Waals surface area contributed by atoms with Gasteiger partial charge in [0.25, 0.3) is 0 Å². The van der Waals surface area contributed by atoms with E-state index in [0.29, 0.717) is 12.2 Å². The molecule has 3 aromatic rings. The molecule has 5 heteroatoms. The van der Waals surface area contributed by atoms with Gasteiger partial charge in [0.15, 0.2) is 0 Å². The number of amides is 1. The third-order valence-electron chi connectivity index (χ3n) is 5.58. The Balaban J connectivity index is 1.36. The molecule has 3 aromatic carbocycles. The van der Waals surface area contributed by atoms with Crippen LogP contribution in [0.25, 0.3) is 0 Å². The number of nitrogens with zero attached hydrogens (tertiary/aromatic N) is 1. The predicted octanol–water partition coefficient (Wildman–Crippen LogP) is 5.20. The molecule has 0 heterocycles. The molecule has 2 unspecified atom stereocenters. The summed E-state index contributed by atoms with van der Waals surface area (Å²) in [4.78, 5) is 12.8. The minimum atomic E-state index is -0.0426. The lowest BCUT2D eigenvalue weighted by Crippen LogP contribution is -2.15. The summed E-state index contributed by atoms with van der Waals surface area (Å²) in [5.74, 6) is 1.74. The average Bonchev–Trinajstić information content (AvgIpc) is 3.60. The highest BCUT2D eigenvalue weighted by molar-refractivity contribution is 5.96. The summed E-state index contributed by atoms with van der Waals surface area (Å²) in [6.07, 6.45) is 0.828. The number of para-hydroxylation sites is 1. The second-order valence-electron chi connectivity index (χ2n) is 7.76. The highest BCUT2D eigenvalue weighted by atomic mass is 16.5. The molecule has 1 amide bonds. The van der Waals surface area contributed by atoms with Crippen molar-refractivity contribution in [2.24, 2.45) is 5.92 Å². The number of hydrogen-bond acceptors (Lipinski definition) is 4. The van der Waals surface area contributed by atoms with Crippen LogP contribution in [0.3, 0.4) is 0 Å². The van der Waals surface area contributed by atoms with Gasteiger partial charge >= 0.3 is 0 Å². The lowest BCUT2D eigenvalue weighted by atomic mass is 10.1. The van der Waals surface area contributed by atoms with Crippen LogP contribution in [-0.4, -0.2) is 13.0 Å². The van der Waals surface area contributed by atoms with Gasteiger partial charge in [-0.3, -0.25) is 4.79 Å². The van der Waals surface area contributed by atoms with Crippen molar-refractivity contribution in [3.8, 4) is 17.6 Å². The monoisotopic (exact) mass is 412 g/mol. The predicted molar refractivity (Wildman–Crippen MR) is 119 cm³/mol. The second-order valence-corrected chi connectivity index (χ2v) is 7.76. The van der Waals surface area contributed by atoms with E-state index in [1.165, 1.54) is 0 Å². The minimum absolute atomic E-state index is 0.0287. The van der Waals surface area contributed by atoms with Gasteiger partial charge in [0.2, 0.25) is 5.91 Å². The molecule has 2 atom stereocenters. The van der Waals surface area contributed by atoms with Gasteiger partial charge < -0.3 is 14.8 Å². The Labute approximate surface area is 182 Å². The first-order valence-corrected chi connectivity index (χ1v) is 10.3. The number of ether oxygens (including phenoxy) is 2. The summed E-state index contributed by atoms with van der Waals surface area (Å²) in [6, 6.07) is 23.0. The van der Waals surface area contributed by atoms with Crippen LogP contribution in [0.2, 0.25) is 0 Å². The quantitative estimate of drug-likeness (QED) is 0.579. The zero-order chi connectivity index (χ0) is 21.8. The number of aryl methyl sites for hydroxylation is 1. The van der Waals surface area contributed by atoms with Gasteiger partial charge in [0, 0.05) is 11.6 Å². The topological polar surface area (TPSA) is 71.3 Å². The third kappa shape index (κ3) is 4.70. The van der Waals surface area contributed by atoms with E-state index >= 15 is 0 Å². The molecule has 31 heavy (non-hydrogen) atoms. The van der Waals surface area contributed by atoms with E-state index in [2.05, 4.69) is 11.4 Å². The fraction of sp³-hybridized carbons (Fsp3) is 0.231. The Kier molecular flexibility index (Phi) is 5.90. The van der Waals surface area contributed by atoms with E-state index in [-0.39, 0.29) is 17.7 Å². The molecule has 1 aliphatic rings. The number of hydrogen-bond donors (Lipinski definition) is 1. The maximum absolute atomic E-state index is 12.8. The largest absolute Gasteiger partial charge is 0.496 e. The first kappa shape index (κ1) is 20.5. The maximum atomic E-state index is 12.8. The van der Waals surface area contributed by atoms with Crippen molar-refractivity contribution in [1.29, 1.82) is 5.26 Å². The summed E-state index contributed by atoms with van der Waals surface area (Å²) in [7, 11) is 1.66. The number of nitriles is 1. The average molecular weight is 412 g/mol. The smallest absolute Gasteiger partial charge is 0.228 e. The fourth-order valence-electron chi connectivity index (χ4n) is 3.79. The molecule has 0 saturated heterocycles. The number of benzene rings is 3. The van der Waals surface area contributed by atoms with E-state index in [1.54, 1.807) is 13.2 Å². The van der Waals surface area contributed by atoms with Gasteiger partial charge in [0.1, 0.15) is 18.1 Å². The highest BCUT2D eigenvalue weighted by Gasteiger charge is 2.45.